The van der Waals surface area contributed by atoms with E-state index in [4.69, 9.17) is 21.1 Å². The largest absolute Gasteiger partial charge is 0.494 e. The molecule has 0 atom stereocenters. The average Bonchev–Trinajstić information content (AvgIpc) is 3.46. The minimum absolute atomic E-state index is 0.244. The fourth-order valence-corrected chi connectivity index (χ4v) is 4.01. The molecule has 0 spiro atoms. The van der Waals surface area contributed by atoms with Gasteiger partial charge >= 0.3 is 0 Å². The zero-order valence-corrected chi connectivity index (χ0v) is 16.8. The minimum Gasteiger partial charge on any atom is -0.494 e. The van der Waals surface area contributed by atoms with Gasteiger partial charge in [-0.1, -0.05) is 41.6 Å². The number of hydrogen-bond acceptors (Lipinski definition) is 5. The summed E-state index contributed by atoms with van der Waals surface area (Å²) in [7, 11) is 1.46. The van der Waals surface area contributed by atoms with Crippen molar-refractivity contribution >= 4 is 23.4 Å². The molecule has 0 radical (unpaired) electrons. The number of ether oxygens (including phenoxy) is 2. The number of aromatic nitrogens is 3. The van der Waals surface area contributed by atoms with E-state index in [9.17, 15) is 4.39 Å². The maximum absolute atomic E-state index is 13.9. The predicted octanol–water partition coefficient (Wildman–Crippen LogP) is 5.29. The lowest BCUT2D eigenvalue weighted by Crippen LogP contribution is -2.07. The molecule has 0 bridgehead atoms. The smallest absolute Gasteiger partial charge is 0.191 e. The van der Waals surface area contributed by atoms with Gasteiger partial charge in [0.25, 0.3) is 0 Å². The van der Waals surface area contributed by atoms with Crippen LogP contribution in [-0.2, 0) is 12.4 Å². The van der Waals surface area contributed by atoms with E-state index < -0.39 is 0 Å². The van der Waals surface area contributed by atoms with Gasteiger partial charge in [0.2, 0.25) is 0 Å². The van der Waals surface area contributed by atoms with Crippen molar-refractivity contribution in [3.05, 3.63) is 64.7 Å². The third-order valence-corrected chi connectivity index (χ3v) is 5.75. The molecule has 8 heteroatoms. The topological polar surface area (TPSA) is 49.2 Å². The van der Waals surface area contributed by atoms with Crippen LogP contribution in [0, 0.1) is 5.82 Å². The number of rotatable bonds is 8. The molecular formula is C20H19ClFN3O2S. The van der Waals surface area contributed by atoms with Gasteiger partial charge in [-0.05, 0) is 42.7 Å². The highest BCUT2D eigenvalue weighted by Crippen LogP contribution is 2.39. The molecule has 0 N–H and O–H groups in total. The Morgan fingerprint density at radius 2 is 2.00 bits per heavy atom. The van der Waals surface area contributed by atoms with E-state index in [2.05, 4.69) is 14.8 Å². The molecule has 3 aromatic rings. The standard InChI is InChI=1S/C20H19ClFN3O2S/c1-26-18-9-6-13(10-16(18)22)12-28-20-24-23-19(25(20)14-7-8-14)11-27-17-5-3-2-4-15(17)21/h2-6,9-10,14H,7-8,11-12H2,1H3. The van der Waals surface area contributed by atoms with E-state index in [1.807, 2.05) is 24.3 Å². The van der Waals surface area contributed by atoms with E-state index in [1.165, 1.54) is 24.9 Å². The first-order valence-corrected chi connectivity index (χ1v) is 10.3. The molecule has 0 unspecified atom stereocenters. The lowest BCUT2D eigenvalue weighted by molar-refractivity contribution is 0.288. The van der Waals surface area contributed by atoms with Gasteiger partial charge in [-0.25, -0.2) is 4.39 Å². The van der Waals surface area contributed by atoms with Crippen LogP contribution in [0.3, 0.4) is 0 Å². The van der Waals surface area contributed by atoms with E-state index >= 15 is 0 Å². The van der Waals surface area contributed by atoms with Gasteiger partial charge in [0.1, 0.15) is 12.4 Å². The molecule has 1 saturated carbocycles. The van der Waals surface area contributed by atoms with Crippen molar-refractivity contribution < 1.29 is 13.9 Å². The molecule has 146 valence electrons. The molecule has 5 nitrogen and oxygen atoms in total. The van der Waals surface area contributed by atoms with Gasteiger partial charge in [-0.15, -0.1) is 10.2 Å². The molecule has 4 rings (SSSR count). The van der Waals surface area contributed by atoms with Crippen molar-refractivity contribution in [3.63, 3.8) is 0 Å². The zero-order valence-electron chi connectivity index (χ0n) is 15.3. The number of halogens is 2. The summed E-state index contributed by atoms with van der Waals surface area (Å²) < 4.78 is 26.8. The fraction of sp³-hybridized carbons (Fsp3) is 0.300. The van der Waals surface area contributed by atoms with E-state index in [1.54, 1.807) is 12.1 Å². The summed E-state index contributed by atoms with van der Waals surface area (Å²) in [5, 5.41) is 10.0. The zero-order chi connectivity index (χ0) is 19.5. The maximum atomic E-state index is 13.9. The fourth-order valence-electron chi connectivity index (χ4n) is 2.86. The van der Waals surface area contributed by atoms with Crippen molar-refractivity contribution in [2.24, 2.45) is 0 Å². The molecule has 1 aromatic heterocycles. The summed E-state index contributed by atoms with van der Waals surface area (Å²) in [6, 6.07) is 12.7. The van der Waals surface area contributed by atoms with Gasteiger partial charge in [0.05, 0.1) is 12.1 Å². The highest BCUT2D eigenvalue weighted by molar-refractivity contribution is 7.98. The van der Waals surface area contributed by atoms with E-state index in [0.29, 0.717) is 29.2 Å². The Bertz CT molecular complexity index is 978. The van der Waals surface area contributed by atoms with Gasteiger partial charge < -0.3 is 9.47 Å². The highest BCUT2D eigenvalue weighted by atomic mass is 35.5. The third kappa shape index (κ3) is 4.25. The average molecular weight is 420 g/mol. The van der Waals surface area contributed by atoms with Crippen LogP contribution in [0.2, 0.25) is 5.02 Å². The Morgan fingerprint density at radius 1 is 1.18 bits per heavy atom. The van der Waals surface area contributed by atoms with Crippen molar-refractivity contribution in [1.29, 1.82) is 0 Å². The van der Waals surface area contributed by atoms with Crippen LogP contribution in [-0.4, -0.2) is 21.9 Å². The number of para-hydroxylation sites is 1. The lowest BCUT2D eigenvalue weighted by atomic mass is 10.2. The van der Waals surface area contributed by atoms with Gasteiger partial charge in [-0.3, -0.25) is 4.57 Å². The Labute approximate surface area is 171 Å². The maximum Gasteiger partial charge on any atom is 0.191 e. The second-order valence-electron chi connectivity index (χ2n) is 6.48. The van der Waals surface area contributed by atoms with Crippen LogP contribution >= 0.6 is 23.4 Å². The van der Waals surface area contributed by atoms with Crippen molar-refractivity contribution in [3.8, 4) is 11.5 Å². The molecule has 0 amide bonds. The van der Waals surface area contributed by atoms with Crippen molar-refractivity contribution in [2.45, 2.75) is 36.4 Å². The second kappa shape index (κ2) is 8.41. The molecule has 1 aliphatic rings. The number of methoxy groups -OCH3 is 1. The van der Waals surface area contributed by atoms with Gasteiger partial charge in [-0.2, -0.15) is 0 Å². The lowest BCUT2D eigenvalue weighted by Gasteiger charge is -2.11. The van der Waals surface area contributed by atoms with E-state index in [0.717, 1.165) is 29.4 Å². The third-order valence-electron chi connectivity index (χ3n) is 4.42. The van der Waals surface area contributed by atoms with E-state index in [-0.39, 0.29) is 11.6 Å². The van der Waals surface area contributed by atoms with Crippen molar-refractivity contribution in [2.75, 3.05) is 7.11 Å². The van der Waals surface area contributed by atoms with Crippen LogP contribution in [0.5, 0.6) is 11.5 Å². The summed E-state index contributed by atoms with van der Waals surface area (Å²) in [6.45, 7) is 0.297. The minimum atomic E-state index is -0.363. The molecule has 1 heterocycles. The number of hydrogen-bond donors (Lipinski definition) is 0. The van der Waals surface area contributed by atoms with Crippen LogP contribution in [0.4, 0.5) is 4.39 Å². The number of nitrogens with zero attached hydrogens (tertiary/aromatic N) is 3. The molecular weight excluding hydrogens is 401 g/mol. The summed E-state index contributed by atoms with van der Waals surface area (Å²) in [4.78, 5) is 0. The first-order valence-electron chi connectivity index (χ1n) is 8.92. The Hall–Kier alpha value is -2.25. The highest BCUT2D eigenvalue weighted by Gasteiger charge is 2.30. The van der Waals surface area contributed by atoms with Gasteiger partial charge in [0, 0.05) is 11.8 Å². The quantitative estimate of drug-likeness (QED) is 0.464. The molecule has 1 aliphatic carbocycles. The summed E-state index contributed by atoms with van der Waals surface area (Å²) >= 11 is 7.69. The van der Waals surface area contributed by atoms with Crippen LogP contribution in [0.15, 0.2) is 47.6 Å². The Balaban J connectivity index is 1.46. The van der Waals surface area contributed by atoms with Crippen LogP contribution in [0.1, 0.15) is 30.3 Å². The Kier molecular flexibility index (Phi) is 5.73. The van der Waals surface area contributed by atoms with Gasteiger partial charge in [0.15, 0.2) is 22.5 Å². The van der Waals surface area contributed by atoms with Crippen molar-refractivity contribution in [1.82, 2.24) is 14.8 Å². The molecule has 0 aliphatic heterocycles. The number of benzene rings is 2. The normalized spacial score (nSPS) is 13.5. The monoisotopic (exact) mass is 419 g/mol. The summed E-state index contributed by atoms with van der Waals surface area (Å²) in [5.74, 6) is 1.87. The predicted molar refractivity (Wildman–Crippen MR) is 107 cm³/mol. The molecule has 28 heavy (non-hydrogen) atoms. The molecule has 0 saturated heterocycles. The summed E-state index contributed by atoms with van der Waals surface area (Å²) in [6.07, 6.45) is 2.20. The number of thioether (sulfide) groups is 1. The molecule has 2 aromatic carbocycles. The second-order valence-corrected chi connectivity index (χ2v) is 7.83. The van der Waals surface area contributed by atoms with Crippen LogP contribution in [0.25, 0.3) is 0 Å². The first kappa shape index (κ1) is 19.1. The Morgan fingerprint density at radius 3 is 2.71 bits per heavy atom. The SMILES string of the molecule is COc1ccc(CSc2nnc(COc3ccccc3Cl)n2C2CC2)cc1F. The summed E-state index contributed by atoms with van der Waals surface area (Å²) in [5.41, 5.74) is 0.863. The first-order chi connectivity index (χ1) is 13.7. The van der Waals surface area contributed by atoms with Crippen LogP contribution < -0.4 is 9.47 Å². The molecule has 1 fully saturated rings.